The molecule has 0 bridgehead atoms. The van der Waals surface area contributed by atoms with E-state index >= 15 is 0 Å². The summed E-state index contributed by atoms with van der Waals surface area (Å²) < 4.78 is 24.6. The zero-order chi connectivity index (χ0) is 17.3. The third-order valence-corrected chi connectivity index (χ3v) is 14.9. The van der Waals surface area contributed by atoms with Crippen molar-refractivity contribution in [3.05, 3.63) is 0 Å². The summed E-state index contributed by atoms with van der Waals surface area (Å²) in [7, 11) is 1.69. The average Bonchev–Trinajstić information content (AvgIpc) is 2.08. The zero-order valence-electron chi connectivity index (χ0n) is 16.1. The van der Waals surface area contributed by atoms with Crippen LogP contribution in [0.25, 0.3) is 0 Å². The molecule has 0 spiro atoms. The Labute approximate surface area is 137 Å². The van der Waals surface area contributed by atoms with Crippen LogP contribution in [-0.2, 0) is 14.0 Å². The molecule has 0 saturated heterocycles. The summed E-state index contributed by atoms with van der Waals surface area (Å²) >= 11 is -4.09. The number of ether oxygens (including phenoxy) is 1. The molecule has 0 aromatic carbocycles. The molecule has 0 atom stereocenters. The van der Waals surface area contributed by atoms with E-state index in [-0.39, 0.29) is 16.8 Å². The number of hydrogen-bond acceptors (Lipinski definition) is 4. The van der Waals surface area contributed by atoms with E-state index in [9.17, 15) is 0 Å². The molecule has 128 valence electrons. The summed E-state index contributed by atoms with van der Waals surface area (Å²) in [5.74, 6) is 0. The molecule has 0 rings (SSSR count). The minimum absolute atomic E-state index is 0.359. The molecule has 0 N–H and O–H groups in total. The first kappa shape index (κ1) is 21.6. The van der Waals surface area contributed by atoms with Crippen molar-refractivity contribution >= 4 is 19.6 Å². The van der Waals surface area contributed by atoms with Gasteiger partial charge < -0.3 is 0 Å². The molecule has 0 amide bonds. The average molecular weight is 411 g/mol. The molecule has 0 aromatic heterocycles. The second kappa shape index (κ2) is 6.63. The van der Waals surface area contributed by atoms with Crippen molar-refractivity contribution < 1.29 is 14.0 Å². The van der Waals surface area contributed by atoms with Crippen molar-refractivity contribution in [3.63, 3.8) is 0 Å². The van der Waals surface area contributed by atoms with Crippen LogP contribution in [0.1, 0.15) is 76.2 Å². The molecule has 0 unspecified atom stereocenters. The number of rotatable bonds is 5. The van der Waals surface area contributed by atoms with Gasteiger partial charge in [-0.2, -0.15) is 0 Å². The van der Waals surface area contributed by atoms with Gasteiger partial charge in [0.15, 0.2) is 0 Å². The van der Waals surface area contributed by atoms with Crippen molar-refractivity contribution in [2.24, 2.45) is 0 Å². The van der Waals surface area contributed by atoms with Crippen molar-refractivity contribution in [2.45, 2.75) is 96.6 Å². The first-order valence-electron chi connectivity index (χ1n) is 7.59. The number of hydrogen-bond donors (Lipinski definition) is 0. The fraction of sp³-hybridized carbons (Fsp3) is 1.00. The summed E-state index contributed by atoms with van der Waals surface area (Å²) in [5.41, 5.74) is -1.08. The third kappa shape index (κ3) is 7.64. The minimum atomic E-state index is -4.09. The van der Waals surface area contributed by atoms with E-state index in [4.69, 9.17) is 14.0 Å². The van der Waals surface area contributed by atoms with Gasteiger partial charge >= 0.3 is 137 Å². The van der Waals surface area contributed by atoms with Crippen LogP contribution in [-0.4, -0.2) is 47.1 Å². The standard InChI is InChI=1S/4C4H9O.Sn/c1-4(2)5-3;3*1-4(2,3)5;/h4*1-3H3;/q;3*-1;+3. The van der Waals surface area contributed by atoms with E-state index in [0.29, 0.717) is 0 Å². The SMILES string of the molecule is CO[C](C)(C)[Sn]([O]C(C)(C)C)([O]C(C)(C)C)[O]C(C)(C)C. The normalized spacial score (nSPS) is 15.4. The Morgan fingerprint density at radius 3 is 0.905 bits per heavy atom. The quantitative estimate of drug-likeness (QED) is 0.632. The Bertz CT molecular complexity index is 291. The first-order chi connectivity index (χ1) is 8.93. The van der Waals surface area contributed by atoms with E-state index in [0.717, 1.165) is 0 Å². The second-order valence-corrected chi connectivity index (χ2v) is 17.3. The van der Waals surface area contributed by atoms with Crippen molar-refractivity contribution in [3.8, 4) is 0 Å². The molecule has 4 nitrogen and oxygen atoms in total. The summed E-state index contributed by atoms with van der Waals surface area (Å²) in [6.07, 6.45) is 0. The van der Waals surface area contributed by atoms with Gasteiger partial charge in [-0.15, -0.1) is 0 Å². The summed E-state index contributed by atoms with van der Waals surface area (Å²) in [6, 6.07) is 0. The molecular formula is C16H36O4Sn. The molecule has 0 aliphatic heterocycles. The van der Waals surface area contributed by atoms with E-state index < -0.39 is 23.2 Å². The van der Waals surface area contributed by atoms with Gasteiger partial charge in [0.05, 0.1) is 0 Å². The van der Waals surface area contributed by atoms with Gasteiger partial charge in [0.2, 0.25) is 0 Å². The number of methoxy groups -OCH3 is 1. The Kier molecular flexibility index (Phi) is 6.84. The van der Waals surface area contributed by atoms with Crippen LogP contribution >= 0.6 is 0 Å². The van der Waals surface area contributed by atoms with E-state index in [1.807, 2.05) is 76.2 Å². The van der Waals surface area contributed by atoms with Crippen LogP contribution in [0.2, 0.25) is 0 Å². The summed E-state index contributed by atoms with van der Waals surface area (Å²) in [5, 5.41) is 0. The molecule has 0 aliphatic carbocycles. The van der Waals surface area contributed by atoms with Crippen molar-refractivity contribution in [1.82, 2.24) is 0 Å². The van der Waals surface area contributed by atoms with Crippen molar-refractivity contribution in [2.75, 3.05) is 7.11 Å². The fourth-order valence-corrected chi connectivity index (χ4v) is 11.8. The third-order valence-electron chi connectivity index (χ3n) is 2.57. The van der Waals surface area contributed by atoms with E-state index in [1.165, 1.54) is 0 Å². The molecule has 0 heterocycles. The second-order valence-electron chi connectivity index (χ2n) is 8.91. The van der Waals surface area contributed by atoms with Crippen molar-refractivity contribution in [1.29, 1.82) is 0 Å². The molecule has 0 aliphatic rings. The predicted molar refractivity (Wildman–Crippen MR) is 89.4 cm³/mol. The van der Waals surface area contributed by atoms with Crippen LogP contribution in [0.3, 0.4) is 0 Å². The van der Waals surface area contributed by atoms with Gasteiger partial charge in [0.1, 0.15) is 0 Å². The van der Waals surface area contributed by atoms with Crippen LogP contribution in [0.4, 0.5) is 0 Å². The van der Waals surface area contributed by atoms with Crippen LogP contribution < -0.4 is 0 Å². The molecule has 0 fully saturated rings. The van der Waals surface area contributed by atoms with Crippen LogP contribution in [0.15, 0.2) is 0 Å². The molecule has 0 aromatic rings. The Balaban J connectivity index is 5.95. The molecule has 0 saturated carbocycles. The van der Waals surface area contributed by atoms with Gasteiger partial charge in [-0.25, -0.2) is 0 Å². The van der Waals surface area contributed by atoms with Gasteiger partial charge in [0, 0.05) is 0 Å². The van der Waals surface area contributed by atoms with Crippen LogP contribution in [0.5, 0.6) is 0 Å². The molecule has 21 heavy (non-hydrogen) atoms. The summed E-state index contributed by atoms with van der Waals surface area (Å²) in [6.45, 7) is 22.3. The maximum absolute atomic E-state index is 6.47. The molecule has 0 radical (unpaired) electrons. The Hall–Kier alpha value is 0.639. The molecule has 5 heteroatoms. The van der Waals surface area contributed by atoms with Gasteiger partial charge in [-0.05, 0) is 0 Å². The summed E-state index contributed by atoms with van der Waals surface area (Å²) in [4.78, 5) is 0. The maximum atomic E-state index is 6.47. The monoisotopic (exact) mass is 412 g/mol. The van der Waals surface area contributed by atoms with Crippen LogP contribution in [0, 0.1) is 0 Å². The Morgan fingerprint density at radius 1 is 0.524 bits per heavy atom. The Morgan fingerprint density at radius 2 is 0.762 bits per heavy atom. The van der Waals surface area contributed by atoms with Gasteiger partial charge in [-0.1, -0.05) is 0 Å². The zero-order valence-corrected chi connectivity index (χ0v) is 19.0. The van der Waals surface area contributed by atoms with Gasteiger partial charge in [-0.3, -0.25) is 0 Å². The molecular weight excluding hydrogens is 375 g/mol. The van der Waals surface area contributed by atoms with E-state index in [1.54, 1.807) is 7.11 Å². The van der Waals surface area contributed by atoms with E-state index in [2.05, 4.69) is 0 Å². The fourth-order valence-electron chi connectivity index (χ4n) is 1.77. The first-order valence-corrected chi connectivity index (χ1v) is 12.5. The topological polar surface area (TPSA) is 36.9 Å². The van der Waals surface area contributed by atoms with Gasteiger partial charge in [0.25, 0.3) is 0 Å². The predicted octanol–water partition coefficient (Wildman–Crippen LogP) is 4.33.